The predicted molar refractivity (Wildman–Crippen MR) is 116 cm³/mol. The molecule has 6 nitrogen and oxygen atoms in total. The van der Waals surface area contributed by atoms with Crippen molar-refractivity contribution in [3.05, 3.63) is 63.6 Å². The molecule has 1 aromatic heterocycles. The van der Waals surface area contributed by atoms with Gasteiger partial charge in [0.25, 0.3) is 5.91 Å². The lowest BCUT2D eigenvalue weighted by Gasteiger charge is -2.60. The molecule has 0 saturated carbocycles. The van der Waals surface area contributed by atoms with E-state index in [2.05, 4.69) is 31.8 Å². The van der Waals surface area contributed by atoms with Gasteiger partial charge in [-0.15, -0.1) is 0 Å². The number of aromatic hydroxyl groups is 1. The first-order chi connectivity index (χ1) is 14.1. The van der Waals surface area contributed by atoms with E-state index >= 15 is 0 Å². The van der Waals surface area contributed by atoms with Crippen molar-refractivity contribution in [1.29, 1.82) is 0 Å². The number of fused-ring (bicyclic) bond motifs is 5. The number of benzene rings is 2. The van der Waals surface area contributed by atoms with E-state index in [0.29, 0.717) is 29.8 Å². The van der Waals surface area contributed by atoms with Gasteiger partial charge >= 0.3 is 5.69 Å². The number of hydrogen-bond donors (Lipinski definition) is 2. The summed E-state index contributed by atoms with van der Waals surface area (Å²) in [7, 11) is 1.71. The third kappa shape index (κ3) is 2.30. The monoisotopic (exact) mass is 405 g/mol. The van der Waals surface area contributed by atoms with Gasteiger partial charge in [0.1, 0.15) is 5.75 Å². The first kappa shape index (κ1) is 19.0. The molecule has 2 aliphatic rings. The molecule has 6 heteroatoms. The summed E-state index contributed by atoms with van der Waals surface area (Å²) >= 11 is 0. The van der Waals surface area contributed by atoms with E-state index in [1.54, 1.807) is 29.8 Å². The van der Waals surface area contributed by atoms with Crippen molar-refractivity contribution in [3.63, 3.8) is 0 Å². The number of imidazole rings is 1. The lowest BCUT2D eigenvalue weighted by atomic mass is 9.51. The Morgan fingerprint density at radius 3 is 2.73 bits per heavy atom. The van der Waals surface area contributed by atoms with Crippen molar-refractivity contribution in [2.45, 2.75) is 45.1 Å². The van der Waals surface area contributed by atoms with E-state index in [0.717, 1.165) is 17.5 Å². The van der Waals surface area contributed by atoms with Gasteiger partial charge in [-0.3, -0.25) is 9.36 Å². The quantitative estimate of drug-likeness (QED) is 0.652. The fraction of sp³-hybridized carbons (Fsp3) is 0.417. The third-order valence-corrected chi connectivity index (χ3v) is 8.04. The number of aryl methyl sites for hydroxylation is 1. The van der Waals surface area contributed by atoms with Crippen LogP contribution in [0.4, 0.5) is 0 Å². The summed E-state index contributed by atoms with van der Waals surface area (Å²) in [5.74, 6) is 0.289. The highest BCUT2D eigenvalue weighted by Crippen LogP contribution is 2.57. The maximum Gasteiger partial charge on any atom is 0.326 e. The second-order valence-corrected chi connectivity index (χ2v) is 9.55. The molecule has 1 aliphatic carbocycles. The Balaban J connectivity index is 1.58. The Hall–Kier alpha value is -3.02. The van der Waals surface area contributed by atoms with Crippen molar-refractivity contribution in [1.82, 2.24) is 14.5 Å². The largest absolute Gasteiger partial charge is 0.508 e. The zero-order valence-corrected chi connectivity index (χ0v) is 17.8. The topological polar surface area (TPSA) is 78.3 Å². The fourth-order valence-electron chi connectivity index (χ4n) is 5.71. The number of carbonyl (C=O) groups is 1. The molecule has 1 amide bonds. The summed E-state index contributed by atoms with van der Waals surface area (Å²) in [6.45, 7) is 7.41. The number of piperidine rings is 1. The van der Waals surface area contributed by atoms with Gasteiger partial charge in [-0.2, -0.15) is 0 Å². The summed E-state index contributed by atoms with van der Waals surface area (Å²) in [4.78, 5) is 30.3. The minimum absolute atomic E-state index is 0.0185. The van der Waals surface area contributed by atoms with Crippen LogP contribution in [-0.4, -0.2) is 38.1 Å². The van der Waals surface area contributed by atoms with Gasteiger partial charge < -0.3 is 15.0 Å². The van der Waals surface area contributed by atoms with Gasteiger partial charge in [0, 0.05) is 30.6 Å². The van der Waals surface area contributed by atoms with E-state index < -0.39 is 0 Å². The summed E-state index contributed by atoms with van der Waals surface area (Å²) < 4.78 is 1.54. The van der Waals surface area contributed by atoms with Crippen molar-refractivity contribution in [3.8, 4) is 5.75 Å². The molecule has 156 valence electrons. The Bertz CT molecular complexity index is 1250. The summed E-state index contributed by atoms with van der Waals surface area (Å²) in [5, 5.41) is 10.5. The second kappa shape index (κ2) is 6.00. The first-order valence-corrected chi connectivity index (χ1v) is 10.5. The van der Waals surface area contributed by atoms with Crippen LogP contribution in [-0.2, 0) is 18.9 Å². The second-order valence-electron chi connectivity index (χ2n) is 9.55. The Morgan fingerprint density at radius 1 is 1.20 bits per heavy atom. The molecule has 1 unspecified atom stereocenters. The number of nitrogens with zero attached hydrogens (tertiary/aromatic N) is 2. The smallest absolute Gasteiger partial charge is 0.326 e. The average molecular weight is 405 g/mol. The maximum atomic E-state index is 13.6. The average Bonchev–Trinajstić information content (AvgIpc) is 2.98. The Kier molecular flexibility index (Phi) is 3.79. The molecular weight excluding hydrogens is 378 g/mol. The van der Waals surface area contributed by atoms with E-state index in [1.807, 2.05) is 17.0 Å². The third-order valence-electron chi connectivity index (χ3n) is 8.04. The van der Waals surface area contributed by atoms with Crippen LogP contribution in [0.3, 0.4) is 0 Å². The number of phenolic OH excluding ortho intramolecular Hbond substituents is 1. The molecule has 2 atom stereocenters. The number of H-pyrrole nitrogens is 1. The predicted octanol–water partition coefficient (Wildman–Crippen LogP) is 3.33. The molecule has 1 aliphatic heterocycles. The van der Waals surface area contributed by atoms with Gasteiger partial charge in [0.15, 0.2) is 0 Å². The molecular formula is C24H27N3O3. The lowest BCUT2D eigenvalue weighted by molar-refractivity contribution is -0.0266. The van der Waals surface area contributed by atoms with Crippen LogP contribution in [0.2, 0.25) is 0 Å². The van der Waals surface area contributed by atoms with Crippen molar-refractivity contribution in [2.24, 2.45) is 12.5 Å². The number of phenols is 1. The molecule has 2 N–H and O–H groups in total. The molecule has 0 spiro atoms. The minimum atomic E-state index is -0.191. The SMILES string of the molecule is Cn1c(=O)[nH]c2cc(C(=O)N3CCC4(C)c5cccc(O)c5C[C@@H]3C4(C)C)ccc21. The first-order valence-electron chi connectivity index (χ1n) is 10.5. The molecule has 2 aromatic carbocycles. The number of carbonyl (C=O) groups excluding carboxylic acids is 1. The van der Waals surface area contributed by atoms with Crippen molar-refractivity contribution >= 4 is 16.9 Å². The Labute approximate surface area is 175 Å². The van der Waals surface area contributed by atoms with Crippen LogP contribution < -0.4 is 5.69 Å². The normalized spacial score (nSPS) is 24.7. The number of rotatable bonds is 1. The van der Waals surface area contributed by atoms with Crippen LogP contribution in [0.25, 0.3) is 11.0 Å². The number of aromatic nitrogens is 2. The van der Waals surface area contributed by atoms with Crippen LogP contribution in [0.5, 0.6) is 5.75 Å². The highest BCUT2D eigenvalue weighted by molar-refractivity contribution is 5.97. The van der Waals surface area contributed by atoms with Gasteiger partial charge in [-0.1, -0.05) is 32.9 Å². The van der Waals surface area contributed by atoms with E-state index in [9.17, 15) is 14.7 Å². The Morgan fingerprint density at radius 2 is 1.97 bits per heavy atom. The summed E-state index contributed by atoms with van der Waals surface area (Å²) in [6.07, 6.45) is 1.48. The lowest BCUT2D eigenvalue weighted by Crippen LogP contribution is -2.64. The highest BCUT2D eigenvalue weighted by atomic mass is 16.3. The van der Waals surface area contributed by atoms with Crippen LogP contribution in [0.1, 0.15) is 48.7 Å². The molecule has 3 aromatic rings. The highest BCUT2D eigenvalue weighted by Gasteiger charge is 2.57. The molecule has 30 heavy (non-hydrogen) atoms. The van der Waals surface area contributed by atoms with Crippen molar-refractivity contribution < 1.29 is 9.90 Å². The maximum absolute atomic E-state index is 13.6. The van der Waals surface area contributed by atoms with Gasteiger partial charge in [-0.25, -0.2) is 4.79 Å². The molecule has 1 fully saturated rings. The number of hydrogen-bond acceptors (Lipinski definition) is 3. The zero-order valence-electron chi connectivity index (χ0n) is 17.8. The molecule has 2 bridgehead atoms. The van der Waals surface area contributed by atoms with E-state index in [1.165, 1.54) is 5.56 Å². The molecule has 5 rings (SSSR count). The zero-order chi connectivity index (χ0) is 21.4. The fourth-order valence-corrected chi connectivity index (χ4v) is 5.71. The molecule has 0 radical (unpaired) electrons. The minimum Gasteiger partial charge on any atom is -0.508 e. The summed E-state index contributed by atoms with van der Waals surface area (Å²) in [5.41, 5.74) is 3.74. The van der Waals surface area contributed by atoms with E-state index in [4.69, 9.17) is 0 Å². The molecule has 1 saturated heterocycles. The van der Waals surface area contributed by atoms with Crippen LogP contribution in [0, 0.1) is 5.41 Å². The van der Waals surface area contributed by atoms with Crippen molar-refractivity contribution in [2.75, 3.05) is 6.54 Å². The van der Waals surface area contributed by atoms with Gasteiger partial charge in [0.05, 0.1) is 11.0 Å². The van der Waals surface area contributed by atoms with Crippen LogP contribution >= 0.6 is 0 Å². The standard InChI is InChI=1S/C24H27N3O3/c1-23(2)20-13-15-16(6-5-7-19(15)28)24(23,3)10-11-27(20)21(29)14-8-9-18-17(12-14)25-22(30)26(18)4/h5-9,12,20,28H,10-11,13H2,1-4H3,(H,25,30)/t20-,24?/m1/s1. The number of likely N-dealkylation sites (tertiary alicyclic amines) is 1. The number of aromatic amines is 1. The number of amides is 1. The van der Waals surface area contributed by atoms with Gasteiger partial charge in [-0.05, 0) is 53.6 Å². The summed E-state index contributed by atoms with van der Waals surface area (Å²) in [6, 6.07) is 11.2. The van der Waals surface area contributed by atoms with Gasteiger partial charge in [0.2, 0.25) is 0 Å². The number of nitrogens with one attached hydrogen (secondary N) is 1. The van der Waals surface area contributed by atoms with E-state index in [-0.39, 0.29) is 28.5 Å². The molecule has 2 heterocycles. The van der Waals surface area contributed by atoms with Crippen LogP contribution in [0.15, 0.2) is 41.2 Å².